The van der Waals surface area contributed by atoms with Gasteiger partial charge in [0, 0.05) is 18.1 Å². The van der Waals surface area contributed by atoms with Crippen molar-refractivity contribution in [3.05, 3.63) is 46.7 Å². The number of halogens is 3. The molecule has 2 aliphatic heterocycles. The number of carbonyl (C=O) groups excluding carboxylic acids is 2. The molecule has 234 valence electrons. The Hall–Kier alpha value is -3.73. The number of β-lactam (4-membered cyclic amide) rings is 1. The fourth-order valence-electron chi connectivity index (χ4n) is 3.81. The number of hydrogen-bond donors (Lipinski definition) is 5. The van der Waals surface area contributed by atoms with E-state index in [1.807, 2.05) is 12.1 Å². The van der Waals surface area contributed by atoms with Crippen LogP contribution in [0.3, 0.4) is 0 Å². The van der Waals surface area contributed by atoms with Crippen LogP contribution in [0.4, 0.5) is 13.2 Å². The highest BCUT2D eigenvalue weighted by Crippen LogP contribution is 2.41. The number of tetrazole rings is 1. The fourth-order valence-corrected chi connectivity index (χ4v) is 6.73. The summed E-state index contributed by atoms with van der Waals surface area (Å²) < 4.78 is 63.9. The quantitative estimate of drug-likeness (QED) is 0.124. The molecule has 43 heavy (non-hydrogen) atoms. The van der Waals surface area contributed by atoms with Crippen LogP contribution in [0.1, 0.15) is 11.1 Å². The zero-order valence-corrected chi connectivity index (χ0v) is 23.9. The van der Waals surface area contributed by atoms with Gasteiger partial charge in [-0.1, -0.05) is 36.0 Å². The molecule has 16 nitrogen and oxygen atoms in total. The van der Waals surface area contributed by atoms with E-state index in [2.05, 4.69) is 20.8 Å². The fraction of sp³-hybridized carbons (Fsp3) is 0.381. The van der Waals surface area contributed by atoms with Crippen molar-refractivity contribution in [1.82, 2.24) is 30.4 Å². The first-order valence-electron chi connectivity index (χ1n) is 11.6. The molecule has 0 aliphatic carbocycles. The Morgan fingerprint density at radius 1 is 1.19 bits per heavy atom. The second-order valence-corrected chi connectivity index (χ2v) is 12.1. The van der Waals surface area contributed by atoms with Crippen molar-refractivity contribution < 1.29 is 55.5 Å². The Balaban J connectivity index is 0.000000646. The smallest absolute Gasteiger partial charge is 0.477 e. The van der Waals surface area contributed by atoms with Gasteiger partial charge in [-0.05, 0) is 27.1 Å². The van der Waals surface area contributed by atoms with Crippen LogP contribution >= 0.6 is 23.5 Å². The maximum atomic E-state index is 12.9. The molecule has 2 atom stereocenters. The van der Waals surface area contributed by atoms with E-state index in [9.17, 15) is 41.1 Å². The van der Waals surface area contributed by atoms with Crippen molar-refractivity contribution in [2.45, 2.75) is 41.6 Å². The number of rotatable bonds is 10. The predicted octanol–water partition coefficient (Wildman–Crippen LogP) is -0.316. The molecule has 22 heteroatoms. The van der Waals surface area contributed by atoms with Gasteiger partial charge >= 0.3 is 18.1 Å². The Bertz CT molecular complexity index is 1550. The van der Waals surface area contributed by atoms with Gasteiger partial charge in [0.05, 0.1) is 6.42 Å². The first-order valence-corrected chi connectivity index (χ1v) is 15.3. The number of fused-ring (bicyclic) bond motifs is 1. The zero-order chi connectivity index (χ0) is 32.1. The maximum absolute atomic E-state index is 12.9. The number of thioether (sulfide) groups is 2. The van der Waals surface area contributed by atoms with Gasteiger partial charge < -0.3 is 21.3 Å². The second-order valence-electron chi connectivity index (χ2n) is 8.63. The molecule has 2 amide bonds. The molecule has 1 fully saturated rings. The van der Waals surface area contributed by atoms with E-state index in [-0.39, 0.29) is 41.2 Å². The van der Waals surface area contributed by atoms with Crippen molar-refractivity contribution in [3.63, 3.8) is 0 Å². The number of carboxylic acids is 2. The number of aliphatic carboxylic acids is 2. The molecule has 2 aliphatic rings. The summed E-state index contributed by atoms with van der Waals surface area (Å²) in [6.45, 7) is 0.272. The first-order chi connectivity index (χ1) is 20.0. The molecule has 0 saturated carbocycles. The summed E-state index contributed by atoms with van der Waals surface area (Å²) >= 11 is 2.27. The molecule has 0 spiro atoms. The van der Waals surface area contributed by atoms with Gasteiger partial charge in [0.2, 0.25) is 11.1 Å². The summed E-state index contributed by atoms with van der Waals surface area (Å²) in [4.78, 5) is 47.5. The summed E-state index contributed by atoms with van der Waals surface area (Å²) in [5.74, 6) is -5.51. The zero-order valence-electron chi connectivity index (χ0n) is 21.5. The van der Waals surface area contributed by atoms with Gasteiger partial charge in [0.1, 0.15) is 17.1 Å². The van der Waals surface area contributed by atoms with Gasteiger partial charge in [-0.25, -0.2) is 14.3 Å². The Morgan fingerprint density at radius 2 is 1.81 bits per heavy atom. The average molecular weight is 670 g/mol. The van der Waals surface area contributed by atoms with Crippen molar-refractivity contribution in [2.24, 2.45) is 5.73 Å². The molecule has 0 bridgehead atoms. The first kappa shape index (κ1) is 33.8. The lowest BCUT2D eigenvalue weighted by Gasteiger charge is -2.49. The van der Waals surface area contributed by atoms with Crippen LogP contribution in [0.2, 0.25) is 0 Å². The topological polar surface area (TPSA) is 248 Å². The van der Waals surface area contributed by atoms with E-state index in [1.54, 1.807) is 12.1 Å². The lowest BCUT2D eigenvalue weighted by molar-refractivity contribution is -0.192. The molecular formula is C21H22F3N7O9S3. The largest absolute Gasteiger partial charge is 0.490 e. The van der Waals surface area contributed by atoms with E-state index >= 15 is 0 Å². The summed E-state index contributed by atoms with van der Waals surface area (Å²) in [6, 6.07) is 6.35. The minimum Gasteiger partial charge on any atom is -0.477 e. The van der Waals surface area contributed by atoms with E-state index in [0.29, 0.717) is 5.57 Å². The van der Waals surface area contributed by atoms with Gasteiger partial charge in [0.15, 0.2) is 5.88 Å². The Morgan fingerprint density at radius 3 is 2.37 bits per heavy atom. The minimum absolute atomic E-state index is 0.0380. The van der Waals surface area contributed by atoms with Crippen LogP contribution in [-0.2, 0) is 48.1 Å². The number of hydrogen-bond acceptors (Lipinski definition) is 12. The molecule has 2 aromatic rings. The van der Waals surface area contributed by atoms with Gasteiger partial charge in [-0.2, -0.15) is 21.6 Å². The summed E-state index contributed by atoms with van der Waals surface area (Å²) in [6.07, 6.45) is -5.05. The Kier molecular flexibility index (Phi) is 10.8. The molecule has 1 aromatic carbocycles. The lowest BCUT2D eigenvalue weighted by atomic mass is 10.0. The van der Waals surface area contributed by atoms with Crippen molar-refractivity contribution >= 4 is 57.4 Å². The summed E-state index contributed by atoms with van der Waals surface area (Å²) in [5.41, 5.74) is 7.50. The van der Waals surface area contributed by atoms with Crippen LogP contribution in [0.15, 0.2) is 40.7 Å². The second kappa shape index (κ2) is 13.7. The van der Waals surface area contributed by atoms with Gasteiger partial charge in [-0.15, -0.1) is 16.9 Å². The average Bonchev–Trinajstić information content (AvgIpc) is 3.35. The molecule has 1 saturated heterocycles. The minimum atomic E-state index is -5.08. The third kappa shape index (κ3) is 8.65. The molecule has 3 heterocycles. The molecule has 6 N–H and O–H groups in total. The van der Waals surface area contributed by atoms with Crippen molar-refractivity contribution in [3.8, 4) is 0 Å². The van der Waals surface area contributed by atoms with Crippen LogP contribution in [0.5, 0.6) is 0 Å². The van der Waals surface area contributed by atoms with Crippen LogP contribution < -0.4 is 11.1 Å². The van der Waals surface area contributed by atoms with Crippen molar-refractivity contribution in [1.29, 1.82) is 0 Å². The van der Waals surface area contributed by atoms with E-state index in [1.165, 1.54) is 11.8 Å². The maximum Gasteiger partial charge on any atom is 0.490 e. The molecule has 1 unspecified atom stereocenters. The summed E-state index contributed by atoms with van der Waals surface area (Å²) in [7, 11) is -4.39. The number of amides is 2. The number of aromatic nitrogens is 4. The number of nitrogens with one attached hydrogen (secondary N) is 1. The normalized spacial score (nSPS) is 18.3. The molecule has 0 radical (unpaired) electrons. The van der Waals surface area contributed by atoms with Gasteiger partial charge in [0.25, 0.3) is 16.0 Å². The van der Waals surface area contributed by atoms with E-state index in [4.69, 9.17) is 20.2 Å². The lowest BCUT2D eigenvalue weighted by Crippen LogP contribution is -2.70. The van der Waals surface area contributed by atoms with Gasteiger partial charge in [-0.3, -0.25) is 19.0 Å². The highest BCUT2D eigenvalue weighted by molar-refractivity contribution is 8.01. The van der Waals surface area contributed by atoms with Crippen LogP contribution in [0.25, 0.3) is 0 Å². The number of carbonyl (C=O) groups is 4. The van der Waals surface area contributed by atoms with E-state index < -0.39 is 51.4 Å². The number of benzene rings is 1. The SMILES string of the molecule is NCc1ccccc1CC(=O)NC1C(=O)N2C(C(=O)O)=C(CSc3nnnn3CS(=O)(=O)O)CS[C@H]12.O=C(O)C(F)(F)F. The highest BCUT2D eigenvalue weighted by atomic mass is 32.2. The number of carboxylic acid groups (broad SMARTS) is 2. The van der Waals surface area contributed by atoms with Crippen LogP contribution in [0, 0.1) is 0 Å². The Labute approximate surface area is 248 Å². The van der Waals surface area contributed by atoms with Crippen molar-refractivity contribution in [2.75, 3.05) is 11.5 Å². The molecular weight excluding hydrogens is 647 g/mol. The number of nitrogens with two attached hydrogens (primary N) is 1. The predicted molar refractivity (Wildman–Crippen MR) is 142 cm³/mol. The standard InChI is InChI=1S/C19H21N7O7S3.C2HF3O2/c20-6-11-4-2-1-3-10(11)5-13(27)21-14-16(28)26-15(18(29)30)12(7-34-17(14)26)8-35-19-22-23-24-25(19)9-36(31,32)33;3-2(4,5)1(6)7/h1-4,14,17H,5-9,20H2,(H,21,27)(H,29,30)(H,31,32,33);(H,6,7)/t14?,17-;/m1./s1. The molecule has 4 rings (SSSR count). The number of nitrogens with zero attached hydrogens (tertiary/aromatic N) is 5. The van der Waals surface area contributed by atoms with E-state index in [0.717, 1.165) is 32.5 Å². The van der Waals surface area contributed by atoms with Crippen LogP contribution in [-0.4, -0.2) is 101 Å². The third-order valence-corrected chi connectivity index (χ3v) is 8.61. The monoisotopic (exact) mass is 669 g/mol. The summed E-state index contributed by atoms with van der Waals surface area (Å²) in [5, 5.41) is 29.7. The highest BCUT2D eigenvalue weighted by Gasteiger charge is 2.54. The molecule has 1 aromatic heterocycles. The third-order valence-electron chi connectivity index (χ3n) is 5.66. The number of alkyl halides is 3.